The number of ether oxygens (including phenoxy) is 1. The molecule has 0 aliphatic heterocycles. The first-order valence-corrected chi connectivity index (χ1v) is 11.5. The standard InChI is InChI=1S/C23H25ClO4.2C2H6/c1-15(2)28-21(22(25)26)14-17-6-5-7-19(13-17)23(4,27)11-10-18-8-9-20(24)12-16(18)3;2*1-2/h5-9,12-13,15,21,27H,14H2,1-4H3,(H,25,26);2*1-2H3. The molecule has 2 N–H and O–H groups in total. The summed E-state index contributed by atoms with van der Waals surface area (Å²) in [6.07, 6.45) is -0.926. The number of rotatable bonds is 6. The van der Waals surface area contributed by atoms with Crippen molar-refractivity contribution in [3.63, 3.8) is 0 Å². The lowest BCUT2D eigenvalue weighted by molar-refractivity contribution is -0.153. The minimum atomic E-state index is -1.39. The molecule has 4 nitrogen and oxygen atoms in total. The van der Waals surface area contributed by atoms with Crippen molar-refractivity contribution < 1.29 is 19.7 Å². The van der Waals surface area contributed by atoms with Crippen molar-refractivity contribution in [3.8, 4) is 11.8 Å². The number of aliphatic hydroxyl groups is 1. The van der Waals surface area contributed by atoms with E-state index >= 15 is 0 Å². The van der Waals surface area contributed by atoms with Crippen LogP contribution in [0.3, 0.4) is 0 Å². The third kappa shape index (κ3) is 9.87. The highest BCUT2D eigenvalue weighted by molar-refractivity contribution is 6.30. The van der Waals surface area contributed by atoms with Crippen molar-refractivity contribution in [1.82, 2.24) is 0 Å². The highest BCUT2D eigenvalue weighted by atomic mass is 35.5. The Balaban J connectivity index is 0.00000227. The summed E-state index contributed by atoms with van der Waals surface area (Å²) < 4.78 is 5.47. The van der Waals surface area contributed by atoms with Crippen LogP contribution in [0.1, 0.15) is 70.7 Å². The zero-order chi connectivity index (χ0) is 24.9. The van der Waals surface area contributed by atoms with Gasteiger partial charge in [0.2, 0.25) is 0 Å². The van der Waals surface area contributed by atoms with Crippen molar-refractivity contribution >= 4 is 17.6 Å². The van der Waals surface area contributed by atoms with Gasteiger partial charge in [-0.2, -0.15) is 0 Å². The quantitative estimate of drug-likeness (QED) is 0.490. The monoisotopic (exact) mass is 460 g/mol. The van der Waals surface area contributed by atoms with E-state index in [0.717, 1.165) is 16.7 Å². The molecule has 2 aromatic carbocycles. The van der Waals surface area contributed by atoms with Crippen LogP contribution in [0.25, 0.3) is 0 Å². The first-order valence-electron chi connectivity index (χ1n) is 11.1. The molecule has 2 atom stereocenters. The minimum absolute atomic E-state index is 0.194. The third-order valence-electron chi connectivity index (χ3n) is 4.25. The molecule has 0 spiro atoms. The SMILES string of the molecule is CC.CC.Cc1cc(Cl)ccc1C#CC(C)(O)c1cccc(CC(OC(C)C)C(=O)O)c1. The zero-order valence-corrected chi connectivity index (χ0v) is 21.2. The van der Waals surface area contributed by atoms with Gasteiger partial charge in [0.1, 0.15) is 5.60 Å². The van der Waals surface area contributed by atoms with Crippen molar-refractivity contribution in [2.24, 2.45) is 0 Å². The molecule has 0 aromatic heterocycles. The van der Waals surface area contributed by atoms with Gasteiger partial charge in [0.15, 0.2) is 6.10 Å². The summed E-state index contributed by atoms with van der Waals surface area (Å²) in [5.41, 5.74) is 1.68. The Morgan fingerprint density at radius 3 is 2.28 bits per heavy atom. The summed E-state index contributed by atoms with van der Waals surface area (Å²) in [6, 6.07) is 12.5. The molecular formula is C27H37ClO4. The molecule has 0 fully saturated rings. The van der Waals surface area contributed by atoms with E-state index in [1.807, 2.05) is 52.8 Å². The van der Waals surface area contributed by atoms with E-state index in [4.69, 9.17) is 16.3 Å². The maximum Gasteiger partial charge on any atom is 0.333 e. The largest absolute Gasteiger partial charge is 0.479 e. The first-order chi connectivity index (χ1) is 15.1. The van der Waals surface area contributed by atoms with Gasteiger partial charge in [0, 0.05) is 17.0 Å². The maximum absolute atomic E-state index is 11.4. The van der Waals surface area contributed by atoms with Crippen LogP contribution in [0.2, 0.25) is 5.02 Å². The number of aryl methyl sites for hydroxylation is 1. The Labute approximate surface area is 198 Å². The fraction of sp³-hybridized carbons (Fsp3) is 0.444. The van der Waals surface area contributed by atoms with Gasteiger partial charge >= 0.3 is 5.97 Å². The summed E-state index contributed by atoms with van der Waals surface area (Å²) in [6.45, 7) is 15.1. The molecule has 176 valence electrons. The van der Waals surface area contributed by atoms with Crippen LogP contribution in [0.5, 0.6) is 0 Å². The number of aliphatic carboxylic acids is 1. The Morgan fingerprint density at radius 1 is 1.12 bits per heavy atom. The van der Waals surface area contributed by atoms with Gasteiger partial charge in [-0.1, -0.05) is 75.4 Å². The number of carboxylic acid groups (broad SMARTS) is 1. The Kier molecular flexibility index (Phi) is 13.6. The van der Waals surface area contributed by atoms with Crippen LogP contribution in [-0.4, -0.2) is 28.4 Å². The second-order valence-corrected chi connectivity index (χ2v) is 7.63. The first kappa shape index (κ1) is 29.7. The number of carboxylic acids is 1. The topological polar surface area (TPSA) is 66.8 Å². The number of hydrogen-bond donors (Lipinski definition) is 2. The van der Waals surface area contributed by atoms with Crippen LogP contribution in [0.4, 0.5) is 0 Å². The highest BCUT2D eigenvalue weighted by Crippen LogP contribution is 2.23. The Hall–Kier alpha value is -2.32. The lowest BCUT2D eigenvalue weighted by Crippen LogP contribution is -2.29. The van der Waals surface area contributed by atoms with Gasteiger partial charge in [-0.3, -0.25) is 0 Å². The second-order valence-electron chi connectivity index (χ2n) is 7.20. The van der Waals surface area contributed by atoms with Gasteiger partial charge in [-0.25, -0.2) is 4.79 Å². The molecule has 0 aliphatic carbocycles. The van der Waals surface area contributed by atoms with Crippen LogP contribution in [0, 0.1) is 18.8 Å². The molecule has 0 heterocycles. The molecule has 32 heavy (non-hydrogen) atoms. The van der Waals surface area contributed by atoms with Gasteiger partial charge in [-0.15, -0.1) is 0 Å². The molecule has 2 aromatic rings. The summed E-state index contributed by atoms with van der Waals surface area (Å²) in [5, 5.41) is 20.9. The van der Waals surface area contributed by atoms with Gasteiger partial charge in [0.05, 0.1) is 6.10 Å². The normalized spacial score (nSPS) is 12.7. The Morgan fingerprint density at radius 2 is 1.75 bits per heavy atom. The van der Waals surface area contributed by atoms with E-state index in [0.29, 0.717) is 10.6 Å². The Bertz CT molecular complexity index is 907. The van der Waals surface area contributed by atoms with Crippen LogP contribution >= 0.6 is 11.6 Å². The number of benzene rings is 2. The number of halogens is 1. The molecule has 0 radical (unpaired) electrons. The molecule has 0 saturated carbocycles. The molecular weight excluding hydrogens is 424 g/mol. The summed E-state index contributed by atoms with van der Waals surface area (Å²) in [4.78, 5) is 11.4. The van der Waals surface area contributed by atoms with Crippen LogP contribution in [-0.2, 0) is 21.6 Å². The average molecular weight is 461 g/mol. The van der Waals surface area contributed by atoms with E-state index in [-0.39, 0.29) is 12.5 Å². The van der Waals surface area contributed by atoms with E-state index in [9.17, 15) is 15.0 Å². The van der Waals surface area contributed by atoms with Crippen molar-refractivity contribution in [2.45, 2.75) is 79.6 Å². The summed E-state index contributed by atoms with van der Waals surface area (Å²) in [5.74, 6) is 4.90. The van der Waals surface area contributed by atoms with E-state index < -0.39 is 17.7 Å². The highest BCUT2D eigenvalue weighted by Gasteiger charge is 2.23. The number of carbonyl (C=O) groups is 1. The van der Waals surface area contributed by atoms with Gasteiger partial charge in [0.25, 0.3) is 0 Å². The average Bonchev–Trinajstić information content (AvgIpc) is 2.75. The lowest BCUT2D eigenvalue weighted by atomic mass is 9.93. The van der Waals surface area contributed by atoms with Gasteiger partial charge in [-0.05, 0) is 62.6 Å². The molecule has 5 heteroatoms. The number of hydrogen-bond acceptors (Lipinski definition) is 3. The molecule has 0 bridgehead atoms. The third-order valence-corrected chi connectivity index (χ3v) is 4.49. The van der Waals surface area contributed by atoms with Crippen LogP contribution < -0.4 is 0 Å². The minimum Gasteiger partial charge on any atom is -0.479 e. The second kappa shape index (κ2) is 14.7. The predicted octanol–water partition coefficient (Wildman–Crippen LogP) is 6.38. The maximum atomic E-state index is 11.4. The van der Waals surface area contributed by atoms with Crippen molar-refractivity contribution in [1.29, 1.82) is 0 Å². The fourth-order valence-corrected chi connectivity index (χ4v) is 2.99. The van der Waals surface area contributed by atoms with Gasteiger partial charge < -0.3 is 14.9 Å². The van der Waals surface area contributed by atoms with Crippen molar-refractivity contribution in [3.05, 3.63) is 69.7 Å². The van der Waals surface area contributed by atoms with E-state index in [1.54, 1.807) is 45.0 Å². The zero-order valence-electron chi connectivity index (χ0n) is 20.5. The molecule has 0 saturated heterocycles. The summed E-state index contributed by atoms with van der Waals surface area (Å²) >= 11 is 5.97. The van der Waals surface area contributed by atoms with E-state index in [2.05, 4.69) is 11.8 Å². The summed E-state index contributed by atoms with van der Waals surface area (Å²) in [7, 11) is 0. The molecule has 0 amide bonds. The molecule has 0 aliphatic rings. The molecule has 2 unspecified atom stereocenters. The molecule has 2 rings (SSSR count). The van der Waals surface area contributed by atoms with Crippen molar-refractivity contribution in [2.75, 3.05) is 0 Å². The lowest BCUT2D eigenvalue weighted by Gasteiger charge is -2.20. The smallest absolute Gasteiger partial charge is 0.333 e. The van der Waals surface area contributed by atoms with Crippen LogP contribution in [0.15, 0.2) is 42.5 Å². The fourth-order valence-electron chi connectivity index (χ4n) is 2.77. The predicted molar refractivity (Wildman–Crippen MR) is 133 cm³/mol. The van der Waals surface area contributed by atoms with E-state index in [1.165, 1.54) is 0 Å².